The number of rotatable bonds is 4. The van der Waals surface area contributed by atoms with Gasteiger partial charge in [0.1, 0.15) is 5.69 Å². The Morgan fingerprint density at radius 1 is 1.47 bits per heavy atom. The van der Waals surface area contributed by atoms with Gasteiger partial charge in [-0.15, -0.1) is 0 Å². The summed E-state index contributed by atoms with van der Waals surface area (Å²) in [4.78, 5) is 21.9. The van der Waals surface area contributed by atoms with E-state index in [1.165, 1.54) is 12.4 Å². The third kappa shape index (κ3) is 3.08. The molecular weight excluding hydrogens is 218 g/mol. The molecule has 1 aliphatic heterocycles. The molecule has 0 unspecified atom stereocenters. The molecule has 1 saturated heterocycles. The monoisotopic (exact) mass is 235 g/mol. The summed E-state index contributed by atoms with van der Waals surface area (Å²) < 4.78 is 0. The van der Waals surface area contributed by atoms with Gasteiger partial charge in [-0.3, -0.25) is 14.7 Å². The van der Waals surface area contributed by atoms with Crippen molar-refractivity contribution in [3.05, 3.63) is 24.3 Å². The maximum atomic E-state index is 11.9. The molecule has 0 bridgehead atoms. The van der Waals surface area contributed by atoms with Gasteiger partial charge in [0, 0.05) is 18.4 Å². The van der Waals surface area contributed by atoms with Crippen LogP contribution in [0.25, 0.3) is 0 Å². The molecule has 0 amide bonds. The van der Waals surface area contributed by atoms with Crippen LogP contribution in [0.2, 0.25) is 0 Å². The fourth-order valence-corrected chi connectivity index (χ4v) is 2.18. The summed E-state index contributed by atoms with van der Waals surface area (Å²) in [6.07, 6.45) is 7.73. The van der Waals surface area contributed by atoms with Gasteiger partial charge in [0.25, 0.3) is 0 Å². The van der Waals surface area contributed by atoms with Crippen LogP contribution < -0.4 is 0 Å². The summed E-state index contributed by atoms with van der Waals surface area (Å²) in [5, 5.41) is 9.26. The maximum Gasteiger partial charge on any atom is 0.196 e. The summed E-state index contributed by atoms with van der Waals surface area (Å²) in [6, 6.07) is 0.115. The second kappa shape index (κ2) is 5.84. The smallest absolute Gasteiger partial charge is 0.196 e. The first-order chi connectivity index (χ1) is 8.31. The molecule has 1 fully saturated rings. The molecule has 1 atom stereocenters. The Morgan fingerprint density at radius 3 is 3.06 bits per heavy atom. The van der Waals surface area contributed by atoms with Crippen LogP contribution in [-0.4, -0.2) is 51.5 Å². The SMILES string of the molecule is O=C(CN1CCCC[C@@H]1CO)c1cnccn1. The third-order valence-electron chi connectivity index (χ3n) is 3.16. The molecule has 0 saturated carbocycles. The predicted octanol–water partition coefficient (Wildman–Crippen LogP) is 0.506. The highest BCUT2D eigenvalue weighted by Crippen LogP contribution is 2.16. The molecular formula is C12H17N3O2. The Bertz CT molecular complexity index is 369. The molecule has 5 heteroatoms. The number of ketones is 1. The van der Waals surface area contributed by atoms with E-state index in [-0.39, 0.29) is 18.4 Å². The summed E-state index contributed by atoms with van der Waals surface area (Å²) >= 11 is 0. The number of piperidine rings is 1. The fraction of sp³-hybridized carbons (Fsp3) is 0.583. The number of hydrogen-bond acceptors (Lipinski definition) is 5. The van der Waals surface area contributed by atoms with Crippen molar-refractivity contribution >= 4 is 5.78 Å². The van der Waals surface area contributed by atoms with E-state index in [4.69, 9.17) is 0 Å². The van der Waals surface area contributed by atoms with Gasteiger partial charge in [-0.05, 0) is 19.4 Å². The third-order valence-corrected chi connectivity index (χ3v) is 3.16. The van der Waals surface area contributed by atoms with E-state index in [1.807, 2.05) is 4.90 Å². The van der Waals surface area contributed by atoms with Gasteiger partial charge in [-0.2, -0.15) is 0 Å². The lowest BCUT2D eigenvalue weighted by atomic mass is 10.0. The zero-order valence-electron chi connectivity index (χ0n) is 9.75. The zero-order valence-corrected chi connectivity index (χ0v) is 9.75. The molecule has 0 spiro atoms. The van der Waals surface area contributed by atoms with Crippen molar-refractivity contribution in [1.29, 1.82) is 0 Å². The molecule has 2 rings (SSSR count). The van der Waals surface area contributed by atoms with Gasteiger partial charge in [0.2, 0.25) is 0 Å². The minimum absolute atomic E-state index is 0.0292. The zero-order chi connectivity index (χ0) is 12.1. The van der Waals surface area contributed by atoms with Crippen LogP contribution in [0.5, 0.6) is 0 Å². The Labute approximate surface area is 100 Å². The van der Waals surface area contributed by atoms with Crippen LogP contribution in [0.1, 0.15) is 29.8 Å². The Balaban J connectivity index is 1.98. The topological polar surface area (TPSA) is 66.3 Å². The lowest BCUT2D eigenvalue weighted by Crippen LogP contribution is -2.44. The van der Waals surface area contributed by atoms with E-state index < -0.39 is 0 Å². The van der Waals surface area contributed by atoms with E-state index >= 15 is 0 Å². The van der Waals surface area contributed by atoms with Gasteiger partial charge in [-0.25, -0.2) is 4.98 Å². The molecule has 5 nitrogen and oxygen atoms in total. The van der Waals surface area contributed by atoms with E-state index in [1.54, 1.807) is 6.20 Å². The van der Waals surface area contributed by atoms with Crippen molar-refractivity contribution in [2.45, 2.75) is 25.3 Å². The van der Waals surface area contributed by atoms with Crippen molar-refractivity contribution in [2.24, 2.45) is 0 Å². The molecule has 92 valence electrons. The molecule has 1 aromatic heterocycles. The molecule has 1 aliphatic rings. The average Bonchev–Trinajstić information content (AvgIpc) is 2.40. The Kier molecular flexibility index (Phi) is 4.17. The Morgan fingerprint density at radius 2 is 2.35 bits per heavy atom. The van der Waals surface area contributed by atoms with Crippen LogP contribution >= 0.6 is 0 Å². The number of hydrogen-bond donors (Lipinski definition) is 1. The molecule has 1 N–H and O–H groups in total. The average molecular weight is 235 g/mol. The number of carbonyl (C=O) groups excluding carboxylic acids is 1. The van der Waals surface area contributed by atoms with Crippen molar-refractivity contribution in [1.82, 2.24) is 14.9 Å². The highest BCUT2D eigenvalue weighted by atomic mass is 16.3. The first kappa shape index (κ1) is 12.1. The van der Waals surface area contributed by atoms with Crippen LogP contribution in [0.15, 0.2) is 18.6 Å². The first-order valence-electron chi connectivity index (χ1n) is 5.95. The van der Waals surface area contributed by atoms with E-state index in [0.29, 0.717) is 12.2 Å². The second-order valence-electron chi connectivity index (χ2n) is 4.32. The van der Waals surface area contributed by atoms with Gasteiger partial charge < -0.3 is 5.11 Å². The summed E-state index contributed by atoms with van der Waals surface area (Å²) in [5.74, 6) is -0.0292. The van der Waals surface area contributed by atoms with Gasteiger partial charge in [-0.1, -0.05) is 6.42 Å². The first-order valence-corrected chi connectivity index (χ1v) is 5.95. The molecule has 0 radical (unpaired) electrons. The number of Topliss-reactive ketones (excluding diaryl/α,β-unsaturated/α-hetero) is 1. The molecule has 1 aromatic rings. The van der Waals surface area contributed by atoms with Gasteiger partial charge in [0.05, 0.1) is 19.3 Å². The maximum absolute atomic E-state index is 11.9. The van der Waals surface area contributed by atoms with Gasteiger partial charge >= 0.3 is 0 Å². The van der Waals surface area contributed by atoms with Crippen molar-refractivity contribution in [3.8, 4) is 0 Å². The van der Waals surface area contributed by atoms with Crippen molar-refractivity contribution < 1.29 is 9.90 Å². The van der Waals surface area contributed by atoms with Crippen molar-refractivity contribution in [2.75, 3.05) is 19.7 Å². The standard InChI is InChI=1S/C12H17N3O2/c16-9-10-3-1-2-6-15(10)8-12(17)11-7-13-4-5-14-11/h4-5,7,10,16H,1-3,6,8-9H2/t10-/m1/s1. The normalized spacial score (nSPS) is 21.4. The largest absolute Gasteiger partial charge is 0.395 e. The number of likely N-dealkylation sites (tertiary alicyclic amines) is 1. The van der Waals surface area contributed by atoms with E-state index in [2.05, 4.69) is 9.97 Å². The lowest BCUT2D eigenvalue weighted by Gasteiger charge is -2.33. The number of nitrogens with zero attached hydrogens (tertiary/aromatic N) is 3. The number of aliphatic hydroxyl groups excluding tert-OH is 1. The predicted molar refractivity (Wildman–Crippen MR) is 62.7 cm³/mol. The molecule has 17 heavy (non-hydrogen) atoms. The quantitative estimate of drug-likeness (QED) is 0.770. The lowest BCUT2D eigenvalue weighted by molar-refractivity contribution is 0.0707. The molecule has 2 heterocycles. The minimum Gasteiger partial charge on any atom is -0.395 e. The van der Waals surface area contributed by atoms with E-state index in [9.17, 15) is 9.90 Å². The van der Waals surface area contributed by atoms with Crippen molar-refractivity contribution in [3.63, 3.8) is 0 Å². The number of carbonyl (C=O) groups is 1. The highest BCUT2D eigenvalue weighted by molar-refractivity contribution is 5.95. The second-order valence-corrected chi connectivity index (χ2v) is 4.32. The van der Waals surface area contributed by atoms with Crippen LogP contribution in [0, 0.1) is 0 Å². The summed E-state index contributed by atoms with van der Waals surface area (Å²) in [6.45, 7) is 1.31. The molecule has 0 aromatic carbocycles. The van der Waals surface area contributed by atoms with Crippen LogP contribution in [-0.2, 0) is 0 Å². The fourth-order valence-electron chi connectivity index (χ4n) is 2.18. The summed E-state index contributed by atoms with van der Waals surface area (Å²) in [5.41, 5.74) is 0.398. The highest BCUT2D eigenvalue weighted by Gasteiger charge is 2.24. The Hall–Kier alpha value is -1.33. The molecule has 0 aliphatic carbocycles. The summed E-state index contributed by atoms with van der Waals surface area (Å²) in [7, 11) is 0. The van der Waals surface area contributed by atoms with Crippen LogP contribution in [0.3, 0.4) is 0 Å². The minimum atomic E-state index is -0.0292. The van der Waals surface area contributed by atoms with Crippen LogP contribution in [0.4, 0.5) is 0 Å². The number of aromatic nitrogens is 2. The van der Waals surface area contributed by atoms with E-state index in [0.717, 1.165) is 25.8 Å². The number of aliphatic hydroxyl groups is 1. The van der Waals surface area contributed by atoms with Gasteiger partial charge in [0.15, 0.2) is 5.78 Å².